The first-order valence-corrected chi connectivity index (χ1v) is 8.23. The number of Topliss-reactive ketones (excluding diaryl/α,β-unsaturated/α-hetero) is 1. The topological polar surface area (TPSA) is 83.5 Å². The summed E-state index contributed by atoms with van der Waals surface area (Å²) in [6.07, 6.45) is -0.823. The van der Waals surface area contributed by atoms with E-state index in [0.29, 0.717) is 11.1 Å². The van der Waals surface area contributed by atoms with Crippen molar-refractivity contribution in [2.45, 2.75) is 38.0 Å². The minimum atomic E-state index is -3.88. The van der Waals surface area contributed by atoms with Crippen molar-refractivity contribution in [2.24, 2.45) is 0 Å². The van der Waals surface area contributed by atoms with Gasteiger partial charge in [0.2, 0.25) is 0 Å². The molecule has 1 rings (SSSR count). The summed E-state index contributed by atoms with van der Waals surface area (Å²) >= 11 is 2.03. The molecule has 0 saturated heterocycles. The van der Waals surface area contributed by atoms with Crippen LogP contribution >= 0.6 is 22.6 Å². The fourth-order valence-electron chi connectivity index (χ4n) is 2.07. The maximum absolute atomic E-state index is 12.8. The second kappa shape index (κ2) is 9.05. The van der Waals surface area contributed by atoms with E-state index in [9.17, 15) is 28.3 Å². The van der Waals surface area contributed by atoms with E-state index in [1.165, 1.54) is 7.11 Å². The van der Waals surface area contributed by atoms with Crippen LogP contribution in [-0.4, -0.2) is 30.8 Å². The van der Waals surface area contributed by atoms with Crippen molar-refractivity contribution in [2.75, 3.05) is 7.11 Å². The Morgan fingerprint density at radius 3 is 2.50 bits per heavy atom. The molecule has 24 heavy (non-hydrogen) atoms. The Kier molecular flexibility index (Phi) is 7.71. The van der Waals surface area contributed by atoms with Crippen LogP contribution in [0.4, 0.5) is 8.78 Å². The van der Waals surface area contributed by atoms with Gasteiger partial charge in [0.05, 0.1) is 12.7 Å². The molecule has 132 valence electrons. The molecule has 0 aliphatic rings. The van der Waals surface area contributed by atoms with E-state index in [1.54, 1.807) is 18.2 Å². The van der Waals surface area contributed by atoms with Crippen LogP contribution in [0.3, 0.4) is 0 Å². The highest BCUT2D eigenvalue weighted by atomic mass is 127. The number of methoxy groups -OCH3 is 1. The van der Waals surface area contributed by atoms with Gasteiger partial charge in [0, 0.05) is 22.8 Å². The molecule has 0 saturated carbocycles. The number of halogens is 3. The van der Waals surface area contributed by atoms with Crippen LogP contribution < -0.4 is 5.11 Å². The molecule has 0 spiro atoms. The maximum Gasteiger partial charge on any atom is 0.338 e. The van der Waals surface area contributed by atoms with Crippen LogP contribution in [0.25, 0.3) is 0 Å². The number of carboxylic acid groups (broad SMARTS) is 1. The van der Waals surface area contributed by atoms with Crippen LogP contribution in [0.1, 0.15) is 41.6 Å². The molecule has 0 aromatic heterocycles. The summed E-state index contributed by atoms with van der Waals surface area (Å²) in [5.41, 5.74) is 0.800. The molecule has 0 heterocycles. The SMILES string of the molecule is COC(=O)c1cc(I)ccc1CC(=O)CCCCC(F)(F)C(=O)[O-]. The lowest BCUT2D eigenvalue weighted by Gasteiger charge is -2.16. The fraction of sp³-hybridized carbons (Fsp3) is 0.438. The van der Waals surface area contributed by atoms with Gasteiger partial charge in [-0.2, -0.15) is 0 Å². The van der Waals surface area contributed by atoms with Crippen molar-refractivity contribution in [3.05, 3.63) is 32.9 Å². The number of unbranched alkanes of at least 4 members (excludes halogenated alkanes) is 1. The number of hydrogen-bond acceptors (Lipinski definition) is 5. The number of alkyl halides is 2. The van der Waals surface area contributed by atoms with Gasteiger partial charge in [-0.1, -0.05) is 6.07 Å². The summed E-state index contributed by atoms with van der Waals surface area (Å²) in [6, 6.07) is 5.00. The minimum Gasteiger partial charge on any atom is -0.544 e. The average molecular weight is 453 g/mol. The van der Waals surface area contributed by atoms with E-state index in [-0.39, 0.29) is 31.5 Å². The van der Waals surface area contributed by atoms with E-state index >= 15 is 0 Å². The maximum atomic E-state index is 12.8. The van der Waals surface area contributed by atoms with E-state index in [2.05, 4.69) is 4.74 Å². The summed E-state index contributed by atoms with van der Waals surface area (Å²) < 4.78 is 31.2. The molecule has 5 nitrogen and oxygen atoms in total. The first kappa shape index (κ1) is 20.5. The highest BCUT2D eigenvalue weighted by Gasteiger charge is 2.29. The Balaban J connectivity index is 2.57. The standard InChI is InChI=1S/C16H17F2IO5/c1-24-14(21)13-9-11(19)6-5-10(13)8-12(20)4-2-3-7-16(17,18)15(22)23/h5-6,9H,2-4,7-8H2,1H3,(H,22,23)/p-1. The fourth-order valence-corrected chi connectivity index (χ4v) is 2.57. The van der Waals surface area contributed by atoms with Crippen LogP contribution in [0, 0.1) is 3.57 Å². The summed E-state index contributed by atoms with van der Waals surface area (Å²) in [5.74, 6) is -7.06. The lowest BCUT2D eigenvalue weighted by molar-refractivity contribution is -0.330. The Hall–Kier alpha value is -1.58. The molecular formula is C16H16F2IO5-. The van der Waals surface area contributed by atoms with E-state index in [0.717, 1.165) is 3.57 Å². The van der Waals surface area contributed by atoms with E-state index < -0.39 is 24.3 Å². The number of ether oxygens (including phenoxy) is 1. The van der Waals surface area contributed by atoms with Crippen LogP contribution in [0.15, 0.2) is 18.2 Å². The Morgan fingerprint density at radius 2 is 1.92 bits per heavy atom. The van der Waals surface area contributed by atoms with Crippen molar-refractivity contribution >= 4 is 40.3 Å². The summed E-state index contributed by atoms with van der Waals surface area (Å²) in [4.78, 5) is 33.8. The van der Waals surface area contributed by atoms with Gasteiger partial charge in [0.15, 0.2) is 0 Å². The molecule has 1 aromatic carbocycles. The van der Waals surface area contributed by atoms with Crippen molar-refractivity contribution < 1.29 is 33.0 Å². The number of benzene rings is 1. The van der Waals surface area contributed by atoms with E-state index in [1.807, 2.05) is 22.6 Å². The van der Waals surface area contributed by atoms with E-state index in [4.69, 9.17) is 0 Å². The lowest BCUT2D eigenvalue weighted by Crippen LogP contribution is -2.41. The molecule has 8 heteroatoms. The number of hydrogen-bond donors (Lipinski definition) is 0. The normalized spacial score (nSPS) is 11.2. The summed E-state index contributed by atoms with van der Waals surface area (Å²) in [7, 11) is 1.24. The average Bonchev–Trinajstić information content (AvgIpc) is 2.52. The highest BCUT2D eigenvalue weighted by molar-refractivity contribution is 14.1. The number of esters is 1. The van der Waals surface area contributed by atoms with Crippen molar-refractivity contribution in [1.29, 1.82) is 0 Å². The molecule has 0 aliphatic carbocycles. The van der Waals surface area contributed by atoms with Gasteiger partial charge in [-0.05, 0) is 53.1 Å². The number of ketones is 1. The van der Waals surface area contributed by atoms with Crippen molar-refractivity contribution in [3.8, 4) is 0 Å². The number of rotatable bonds is 9. The zero-order chi connectivity index (χ0) is 18.3. The monoisotopic (exact) mass is 453 g/mol. The molecule has 0 amide bonds. The van der Waals surface area contributed by atoms with Gasteiger partial charge in [0.1, 0.15) is 11.8 Å². The van der Waals surface area contributed by atoms with Crippen LogP contribution in [0.2, 0.25) is 0 Å². The summed E-state index contributed by atoms with van der Waals surface area (Å²) in [6.45, 7) is 0. The molecule has 0 bridgehead atoms. The molecule has 1 aromatic rings. The van der Waals surface area contributed by atoms with Gasteiger partial charge < -0.3 is 14.6 Å². The third-order valence-electron chi connectivity index (χ3n) is 3.36. The molecule has 0 N–H and O–H groups in total. The van der Waals surface area contributed by atoms with Gasteiger partial charge in [-0.15, -0.1) is 0 Å². The lowest BCUT2D eigenvalue weighted by atomic mass is 9.99. The first-order valence-electron chi connectivity index (χ1n) is 7.15. The highest BCUT2D eigenvalue weighted by Crippen LogP contribution is 2.21. The number of carbonyl (C=O) groups is 3. The molecule has 0 fully saturated rings. The Labute approximate surface area is 151 Å². The van der Waals surface area contributed by atoms with Crippen LogP contribution in [-0.2, 0) is 20.7 Å². The molecule has 0 unspecified atom stereocenters. The Bertz CT molecular complexity index is 631. The predicted molar refractivity (Wildman–Crippen MR) is 87.6 cm³/mol. The van der Waals surface area contributed by atoms with Gasteiger partial charge in [0.25, 0.3) is 5.92 Å². The second-order valence-electron chi connectivity index (χ2n) is 5.21. The molecular weight excluding hydrogens is 437 g/mol. The van der Waals surface area contributed by atoms with Crippen LogP contribution in [0.5, 0.6) is 0 Å². The minimum absolute atomic E-state index is 0.0156. The Morgan fingerprint density at radius 1 is 1.25 bits per heavy atom. The zero-order valence-corrected chi connectivity index (χ0v) is 15.1. The first-order chi connectivity index (χ1) is 11.2. The smallest absolute Gasteiger partial charge is 0.338 e. The number of aliphatic carboxylic acids is 1. The third-order valence-corrected chi connectivity index (χ3v) is 4.03. The molecule has 0 aliphatic heterocycles. The zero-order valence-electron chi connectivity index (χ0n) is 12.9. The quantitative estimate of drug-likeness (QED) is 0.325. The van der Waals surface area contributed by atoms with Gasteiger partial charge in [-0.25, -0.2) is 13.6 Å². The third kappa shape index (κ3) is 6.14. The largest absolute Gasteiger partial charge is 0.544 e. The molecule has 0 atom stereocenters. The predicted octanol–water partition coefficient (Wildman–Crippen LogP) is 2.13. The number of carboxylic acids is 1. The number of carbonyl (C=O) groups excluding carboxylic acids is 3. The van der Waals surface area contributed by atoms with Crippen molar-refractivity contribution in [3.63, 3.8) is 0 Å². The van der Waals surface area contributed by atoms with Crippen molar-refractivity contribution in [1.82, 2.24) is 0 Å². The van der Waals surface area contributed by atoms with Gasteiger partial charge >= 0.3 is 5.97 Å². The summed E-state index contributed by atoms with van der Waals surface area (Å²) in [5, 5.41) is 10.2. The van der Waals surface area contributed by atoms with Gasteiger partial charge in [-0.3, -0.25) is 4.79 Å². The second-order valence-corrected chi connectivity index (χ2v) is 6.45. The molecule has 0 radical (unpaired) electrons.